The first-order valence-corrected chi connectivity index (χ1v) is 18.1. The van der Waals surface area contributed by atoms with Crippen LogP contribution in [-0.4, -0.2) is 19.9 Å². The molecule has 0 amide bonds. The number of hydrogen-bond acceptors (Lipinski definition) is 4. The minimum atomic E-state index is 0.640. The zero-order valence-corrected chi connectivity index (χ0v) is 29.3. The molecule has 54 heavy (non-hydrogen) atoms. The molecule has 2 aromatic heterocycles. The molecule has 0 saturated heterocycles. The normalized spacial score (nSPS) is 11.3. The van der Waals surface area contributed by atoms with Crippen LogP contribution in [-0.2, 0) is 0 Å². The summed E-state index contributed by atoms with van der Waals surface area (Å²) in [5, 5.41) is 5.96. The lowest BCUT2D eigenvalue weighted by molar-refractivity contribution is 1.07. The van der Waals surface area contributed by atoms with E-state index in [1.54, 1.807) is 0 Å². The highest BCUT2D eigenvalue weighted by molar-refractivity contribution is 6.11. The second kappa shape index (κ2) is 13.4. The molecule has 0 fully saturated rings. The maximum absolute atomic E-state index is 5.14. The summed E-state index contributed by atoms with van der Waals surface area (Å²) in [5.74, 6) is 1.94. The highest BCUT2D eigenvalue weighted by Crippen LogP contribution is 2.39. The van der Waals surface area contributed by atoms with Gasteiger partial charge in [-0.2, -0.15) is 0 Å². The molecule has 0 aliphatic carbocycles. The van der Waals surface area contributed by atoms with E-state index in [1.807, 2.05) is 60.7 Å². The number of aromatic nitrogens is 4. The summed E-state index contributed by atoms with van der Waals surface area (Å²) in [6.45, 7) is 0. The summed E-state index contributed by atoms with van der Waals surface area (Å²) in [6, 6.07) is 67.6. The van der Waals surface area contributed by atoms with Crippen LogP contribution in [0, 0.1) is 0 Å². The Labute approximate surface area is 313 Å². The van der Waals surface area contributed by atoms with Crippen LogP contribution in [0.3, 0.4) is 0 Å². The zero-order chi connectivity index (χ0) is 35.8. The Morgan fingerprint density at radius 2 is 0.685 bits per heavy atom. The molecule has 252 valence electrons. The minimum Gasteiger partial charge on any atom is -0.247 e. The number of rotatable bonds is 6. The van der Waals surface area contributed by atoms with Crippen LogP contribution in [0.15, 0.2) is 194 Å². The van der Waals surface area contributed by atoms with E-state index in [9.17, 15) is 0 Å². The first kappa shape index (κ1) is 31.4. The van der Waals surface area contributed by atoms with Gasteiger partial charge in [0.15, 0.2) is 17.5 Å². The van der Waals surface area contributed by atoms with E-state index < -0.39 is 0 Å². The molecule has 0 saturated carbocycles. The number of hydrogen-bond donors (Lipinski definition) is 0. The third-order valence-electron chi connectivity index (χ3n) is 10.1. The highest BCUT2D eigenvalue weighted by atomic mass is 15.0. The van der Waals surface area contributed by atoms with Crippen molar-refractivity contribution in [1.82, 2.24) is 19.9 Å². The number of nitrogens with zero attached hydrogens (tertiary/aromatic N) is 4. The van der Waals surface area contributed by atoms with Gasteiger partial charge in [0.05, 0.1) is 11.2 Å². The molecule has 10 aromatic rings. The van der Waals surface area contributed by atoms with Crippen LogP contribution >= 0.6 is 0 Å². The molecular weight excluding hydrogens is 657 g/mol. The standard InChI is InChI=1S/C50H32N4/c1-3-13-37(14-4-1)48-52-49(38-15-5-2-6-16-38)54-50(53-48)39-31-27-34(28-32-39)41-23-12-18-35-17-11-22-40(46(35)41)33-25-29-36(30-26-33)47-44-21-8-7-19-42(44)43-20-9-10-24-45(43)51-47/h1-32H. The first-order valence-electron chi connectivity index (χ1n) is 18.1. The lowest BCUT2D eigenvalue weighted by Crippen LogP contribution is -2.00. The second-order valence-corrected chi connectivity index (χ2v) is 13.4. The molecule has 0 atom stereocenters. The van der Waals surface area contributed by atoms with Crippen molar-refractivity contribution in [2.45, 2.75) is 0 Å². The maximum atomic E-state index is 5.14. The molecular formula is C50H32N4. The van der Waals surface area contributed by atoms with Crippen molar-refractivity contribution in [2.75, 3.05) is 0 Å². The van der Waals surface area contributed by atoms with Gasteiger partial charge in [-0.3, -0.25) is 0 Å². The molecule has 4 nitrogen and oxygen atoms in total. The third kappa shape index (κ3) is 5.67. The SMILES string of the molecule is c1ccc(-c2nc(-c3ccccc3)nc(-c3ccc(-c4cccc5cccc(-c6ccc(-c7nc8ccccc8c8ccccc78)cc6)c45)cc3)n2)cc1. The molecule has 8 aromatic carbocycles. The average molecular weight is 689 g/mol. The van der Waals surface area contributed by atoms with E-state index in [0.717, 1.165) is 50.0 Å². The van der Waals surface area contributed by atoms with Gasteiger partial charge in [0.1, 0.15) is 0 Å². The third-order valence-corrected chi connectivity index (χ3v) is 10.1. The quantitative estimate of drug-likeness (QED) is 0.163. The molecule has 0 aliphatic heterocycles. The number of para-hydroxylation sites is 1. The van der Waals surface area contributed by atoms with Gasteiger partial charge in [-0.1, -0.05) is 188 Å². The van der Waals surface area contributed by atoms with Crippen LogP contribution in [0.25, 0.3) is 100 Å². The van der Waals surface area contributed by atoms with Crippen molar-refractivity contribution >= 4 is 32.4 Å². The summed E-state index contributed by atoms with van der Waals surface area (Å²) >= 11 is 0. The Morgan fingerprint density at radius 3 is 1.24 bits per heavy atom. The largest absolute Gasteiger partial charge is 0.247 e. The monoisotopic (exact) mass is 688 g/mol. The summed E-state index contributed by atoms with van der Waals surface area (Å²) < 4.78 is 0. The Balaban J connectivity index is 1.04. The van der Waals surface area contributed by atoms with Crippen molar-refractivity contribution in [1.29, 1.82) is 0 Å². The van der Waals surface area contributed by atoms with Crippen LogP contribution < -0.4 is 0 Å². The molecule has 0 aliphatic rings. The summed E-state index contributed by atoms with van der Waals surface area (Å²) in [7, 11) is 0. The van der Waals surface area contributed by atoms with Gasteiger partial charge in [-0.15, -0.1) is 0 Å². The Hall–Kier alpha value is -7.30. The lowest BCUT2D eigenvalue weighted by Gasteiger charge is -2.14. The number of pyridine rings is 1. The highest BCUT2D eigenvalue weighted by Gasteiger charge is 2.15. The predicted molar refractivity (Wildman–Crippen MR) is 223 cm³/mol. The maximum Gasteiger partial charge on any atom is 0.164 e. The van der Waals surface area contributed by atoms with Gasteiger partial charge in [-0.25, -0.2) is 19.9 Å². The summed E-state index contributed by atoms with van der Waals surface area (Å²) in [6.07, 6.45) is 0. The fraction of sp³-hybridized carbons (Fsp3) is 0. The molecule has 0 N–H and O–H groups in total. The summed E-state index contributed by atoms with van der Waals surface area (Å²) in [5.41, 5.74) is 10.6. The fourth-order valence-electron chi connectivity index (χ4n) is 7.49. The average Bonchev–Trinajstić information content (AvgIpc) is 3.26. The van der Waals surface area contributed by atoms with Crippen molar-refractivity contribution < 1.29 is 0 Å². The van der Waals surface area contributed by atoms with Crippen LogP contribution in [0.4, 0.5) is 0 Å². The molecule has 0 radical (unpaired) electrons. The minimum absolute atomic E-state index is 0.640. The van der Waals surface area contributed by atoms with E-state index in [4.69, 9.17) is 19.9 Å². The van der Waals surface area contributed by atoms with E-state index >= 15 is 0 Å². The van der Waals surface area contributed by atoms with Crippen molar-refractivity contribution in [3.63, 3.8) is 0 Å². The van der Waals surface area contributed by atoms with Crippen molar-refractivity contribution in [2.24, 2.45) is 0 Å². The van der Waals surface area contributed by atoms with Gasteiger partial charge >= 0.3 is 0 Å². The Bertz CT molecular complexity index is 2890. The molecule has 0 spiro atoms. The second-order valence-electron chi connectivity index (χ2n) is 13.4. The lowest BCUT2D eigenvalue weighted by atomic mass is 9.90. The van der Waals surface area contributed by atoms with Gasteiger partial charge in [0.2, 0.25) is 0 Å². The molecule has 0 bridgehead atoms. The van der Waals surface area contributed by atoms with E-state index in [2.05, 4.69) is 133 Å². The summed E-state index contributed by atoms with van der Waals surface area (Å²) in [4.78, 5) is 19.9. The first-order chi connectivity index (χ1) is 26.8. The van der Waals surface area contributed by atoms with Crippen molar-refractivity contribution in [3.8, 4) is 67.7 Å². The van der Waals surface area contributed by atoms with Crippen LogP contribution in [0.1, 0.15) is 0 Å². The molecule has 4 heteroatoms. The number of benzene rings is 8. The van der Waals surface area contributed by atoms with Gasteiger partial charge < -0.3 is 0 Å². The van der Waals surface area contributed by atoms with Crippen molar-refractivity contribution in [3.05, 3.63) is 194 Å². The molecule has 2 heterocycles. The Kier molecular flexibility index (Phi) is 7.77. The molecule has 10 rings (SSSR count). The van der Waals surface area contributed by atoms with Gasteiger partial charge in [-0.05, 0) is 44.5 Å². The van der Waals surface area contributed by atoms with Crippen LogP contribution in [0.5, 0.6) is 0 Å². The van der Waals surface area contributed by atoms with E-state index in [-0.39, 0.29) is 0 Å². The topological polar surface area (TPSA) is 51.6 Å². The van der Waals surface area contributed by atoms with Gasteiger partial charge in [0.25, 0.3) is 0 Å². The van der Waals surface area contributed by atoms with E-state index in [0.29, 0.717) is 17.5 Å². The van der Waals surface area contributed by atoms with Crippen LogP contribution in [0.2, 0.25) is 0 Å². The smallest absolute Gasteiger partial charge is 0.164 e. The predicted octanol–water partition coefficient (Wildman–Crippen LogP) is 12.7. The Morgan fingerprint density at radius 1 is 0.259 bits per heavy atom. The van der Waals surface area contributed by atoms with Gasteiger partial charge in [0, 0.05) is 33.0 Å². The van der Waals surface area contributed by atoms with E-state index in [1.165, 1.54) is 32.7 Å². The zero-order valence-electron chi connectivity index (χ0n) is 29.3. The fourth-order valence-corrected chi connectivity index (χ4v) is 7.49. The number of fused-ring (bicyclic) bond motifs is 4. The molecule has 0 unspecified atom stereocenters.